The Labute approximate surface area is 66.2 Å². The summed E-state index contributed by atoms with van der Waals surface area (Å²) in [5.41, 5.74) is 0. The third-order valence-corrected chi connectivity index (χ3v) is 3.87. The van der Waals surface area contributed by atoms with Gasteiger partial charge in [0.25, 0.3) is 0 Å². The summed E-state index contributed by atoms with van der Waals surface area (Å²) in [6, 6.07) is 0. The molecule has 1 unspecified atom stereocenters. The molecule has 0 aromatic heterocycles. The molecule has 0 N–H and O–H groups in total. The number of hydrogen-bond acceptors (Lipinski definition) is 0. The highest BCUT2D eigenvalue weighted by molar-refractivity contribution is 9.09. The third kappa shape index (κ3) is 1.49. The molecule has 0 bridgehead atoms. The van der Waals surface area contributed by atoms with Crippen LogP contribution in [0.15, 0.2) is 0 Å². The average Bonchev–Trinajstić information content (AvgIpc) is 1.84. The van der Waals surface area contributed by atoms with Gasteiger partial charge < -0.3 is 0 Å². The molecule has 1 rings (SSSR count). The first-order valence-corrected chi connectivity index (χ1v) is 4.81. The maximum atomic E-state index is 3.69. The summed E-state index contributed by atoms with van der Waals surface area (Å²) in [7, 11) is 0. The van der Waals surface area contributed by atoms with Gasteiger partial charge in [-0.25, -0.2) is 0 Å². The molecule has 0 aromatic carbocycles. The van der Waals surface area contributed by atoms with Gasteiger partial charge in [0.05, 0.1) is 0 Å². The zero-order valence-electron chi connectivity index (χ0n) is 6.23. The third-order valence-electron chi connectivity index (χ3n) is 2.54. The monoisotopic (exact) mass is 190 g/mol. The second-order valence-electron chi connectivity index (χ2n) is 3.14. The van der Waals surface area contributed by atoms with Crippen molar-refractivity contribution in [2.24, 2.45) is 11.8 Å². The van der Waals surface area contributed by atoms with Crippen molar-refractivity contribution in [2.45, 2.75) is 37.9 Å². The first-order valence-electron chi connectivity index (χ1n) is 3.89. The second-order valence-corrected chi connectivity index (χ2v) is 4.32. The van der Waals surface area contributed by atoms with Crippen LogP contribution in [0.3, 0.4) is 0 Å². The fourth-order valence-corrected chi connectivity index (χ4v) is 2.32. The number of alkyl halides is 1. The average molecular weight is 191 g/mol. The maximum Gasteiger partial charge on any atom is 0.0174 e. The quantitative estimate of drug-likeness (QED) is 0.588. The molecule has 54 valence electrons. The van der Waals surface area contributed by atoms with Crippen molar-refractivity contribution >= 4 is 15.9 Å². The minimum Gasteiger partial charge on any atom is -0.0888 e. The van der Waals surface area contributed by atoms with Crippen LogP contribution in [-0.4, -0.2) is 4.83 Å². The highest BCUT2D eigenvalue weighted by Crippen LogP contribution is 2.40. The van der Waals surface area contributed by atoms with E-state index >= 15 is 0 Å². The van der Waals surface area contributed by atoms with Gasteiger partial charge >= 0.3 is 0 Å². The van der Waals surface area contributed by atoms with Gasteiger partial charge in [-0.3, -0.25) is 0 Å². The lowest BCUT2D eigenvalue weighted by Gasteiger charge is -2.37. The molecular weight excluding hydrogens is 176 g/mol. The number of hydrogen-bond donors (Lipinski definition) is 0. The Morgan fingerprint density at radius 2 is 2.22 bits per heavy atom. The highest BCUT2D eigenvalue weighted by atomic mass is 79.9. The molecule has 0 saturated heterocycles. The summed E-state index contributed by atoms with van der Waals surface area (Å²) in [6.45, 7) is 4.61. The van der Waals surface area contributed by atoms with Gasteiger partial charge in [-0.15, -0.1) is 0 Å². The van der Waals surface area contributed by atoms with Crippen LogP contribution in [0.25, 0.3) is 0 Å². The van der Waals surface area contributed by atoms with Crippen LogP contribution in [0.1, 0.15) is 33.1 Å². The second kappa shape index (κ2) is 3.05. The molecule has 1 aliphatic carbocycles. The predicted molar refractivity (Wildman–Crippen MR) is 44.9 cm³/mol. The molecular formula is C8H15Br. The normalized spacial score (nSPS) is 37.7. The molecule has 9 heavy (non-hydrogen) atoms. The minimum atomic E-state index is 0.793. The number of halogens is 1. The predicted octanol–water partition coefficient (Wildman–Crippen LogP) is 3.21. The van der Waals surface area contributed by atoms with Gasteiger partial charge in [0.15, 0.2) is 0 Å². The minimum absolute atomic E-state index is 0.793. The molecule has 1 aliphatic rings. The van der Waals surface area contributed by atoms with Crippen molar-refractivity contribution in [3.8, 4) is 0 Å². The largest absolute Gasteiger partial charge is 0.0888 e. The molecule has 0 aromatic rings. The molecule has 0 amide bonds. The van der Waals surface area contributed by atoms with Gasteiger partial charge in [0.2, 0.25) is 0 Å². The van der Waals surface area contributed by atoms with Crippen LogP contribution >= 0.6 is 15.9 Å². The summed E-state index contributed by atoms with van der Waals surface area (Å²) >= 11 is 3.69. The topological polar surface area (TPSA) is 0 Å². The van der Waals surface area contributed by atoms with Gasteiger partial charge in [0.1, 0.15) is 0 Å². The lowest BCUT2D eigenvalue weighted by Crippen LogP contribution is -2.30. The van der Waals surface area contributed by atoms with Crippen LogP contribution in [0.5, 0.6) is 0 Å². The Balaban J connectivity index is 2.25. The van der Waals surface area contributed by atoms with E-state index in [2.05, 4.69) is 29.8 Å². The van der Waals surface area contributed by atoms with Crippen molar-refractivity contribution in [2.75, 3.05) is 0 Å². The summed E-state index contributed by atoms with van der Waals surface area (Å²) in [5, 5.41) is 0. The Morgan fingerprint density at radius 1 is 1.56 bits per heavy atom. The van der Waals surface area contributed by atoms with Crippen LogP contribution in [0.2, 0.25) is 0 Å². The van der Waals surface area contributed by atoms with E-state index in [0.29, 0.717) is 0 Å². The molecule has 0 spiro atoms. The summed E-state index contributed by atoms with van der Waals surface area (Å²) in [4.78, 5) is 0.793. The van der Waals surface area contributed by atoms with Gasteiger partial charge in [-0.05, 0) is 24.7 Å². The van der Waals surface area contributed by atoms with E-state index in [1.165, 1.54) is 19.3 Å². The molecule has 3 atom stereocenters. The molecule has 0 aliphatic heterocycles. The molecule has 0 nitrogen and oxygen atoms in total. The fourth-order valence-electron chi connectivity index (χ4n) is 1.53. The summed E-state index contributed by atoms with van der Waals surface area (Å²) < 4.78 is 0. The van der Waals surface area contributed by atoms with Crippen molar-refractivity contribution < 1.29 is 0 Å². The van der Waals surface area contributed by atoms with Crippen LogP contribution < -0.4 is 0 Å². The Bertz CT molecular complexity index is 90.6. The van der Waals surface area contributed by atoms with Crippen molar-refractivity contribution in [1.29, 1.82) is 0 Å². The summed E-state index contributed by atoms with van der Waals surface area (Å²) in [5.74, 6) is 1.96. The zero-order valence-corrected chi connectivity index (χ0v) is 7.82. The first kappa shape index (κ1) is 7.59. The van der Waals surface area contributed by atoms with Gasteiger partial charge in [-0.1, -0.05) is 36.2 Å². The van der Waals surface area contributed by atoms with Gasteiger partial charge in [-0.2, -0.15) is 0 Å². The van der Waals surface area contributed by atoms with E-state index < -0.39 is 0 Å². The van der Waals surface area contributed by atoms with E-state index in [1.54, 1.807) is 0 Å². The lowest BCUT2D eigenvalue weighted by atomic mass is 9.73. The van der Waals surface area contributed by atoms with Crippen molar-refractivity contribution in [3.05, 3.63) is 0 Å². The highest BCUT2D eigenvalue weighted by Gasteiger charge is 2.31. The van der Waals surface area contributed by atoms with E-state index in [4.69, 9.17) is 0 Å². The molecule has 0 heterocycles. The van der Waals surface area contributed by atoms with Crippen molar-refractivity contribution in [1.82, 2.24) is 0 Å². The lowest BCUT2D eigenvalue weighted by molar-refractivity contribution is 0.192. The first-order chi connectivity index (χ1) is 4.25. The fraction of sp³-hybridized carbons (Fsp3) is 1.00. The van der Waals surface area contributed by atoms with E-state index in [1.807, 2.05) is 0 Å². The standard InChI is InChI=1S/C8H15Br/c1-3-8(9)7-5-4-6(7)2/h6-8H,3-5H2,1-2H3/t6-,7-,8?/m0/s1. The Hall–Kier alpha value is 0.480. The number of rotatable bonds is 2. The van der Waals surface area contributed by atoms with E-state index in [9.17, 15) is 0 Å². The van der Waals surface area contributed by atoms with Crippen molar-refractivity contribution in [3.63, 3.8) is 0 Å². The van der Waals surface area contributed by atoms with Gasteiger partial charge in [0, 0.05) is 4.83 Å². The van der Waals surface area contributed by atoms with Crippen LogP contribution in [-0.2, 0) is 0 Å². The molecule has 1 saturated carbocycles. The van der Waals surface area contributed by atoms with Crippen LogP contribution in [0, 0.1) is 11.8 Å². The molecule has 1 heteroatoms. The Kier molecular flexibility index (Phi) is 2.57. The van der Waals surface area contributed by atoms with Crippen LogP contribution in [0.4, 0.5) is 0 Å². The Morgan fingerprint density at radius 3 is 2.33 bits per heavy atom. The van der Waals surface area contributed by atoms with E-state index in [-0.39, 0.29) is 0 Å². The maximum absolute atomic E-state index is 3.69. The SMILES string of the molecule is CCC(Br)[C@H]1CC[C@@H]1C. The summed E-state index contributed by atoms with van der Waals surface area (Å²) in [6.07, 6.45) is 4.19. The molecule has 1 fully saturated rings. The zero-order chi connectivity index (χ0) is 6.85. The smallest absolute Gasteiger partial charge is 0.0174 e. The molecule has 0 radical (unpaired) electrons. The van der Waals surface area contributed by atoms with E-state index in [0.717, 1.165) is 16.7 Å².